The molecule has 0 radical (unpaired) electrons. The van der Waals surface area contributed by atoms with Gasteiger partial charge in [0.1, 0.15) is 5.75 Å². The van der Waals surface area contributed by atoms with Gasteiger partial charge >= 0.3 is 0 Å². The lowest BCUT2D eigenvalue weighted by molar-refractivity contribution is 0.0956. The maximum Gasteiger partial charge on any atom is 0.251 e. The summed E-state index contributed by atoms with van der Waals surface area (Å²) in [5.41, 5.74) is 5.29. The third-order valence-corrected chi connectivity index (χ3v) is 6.11. The minimum absolute atomic E-state index is 0.0732. The van der Waals surface area contributed by atoms with Gasteiger partial charge in [-0.1, -0.05) is 48.0 Å². The number of methoxy groups -OCH3 is 1. The molecule has 0 fully saturated rings. The third kappa shape index (κ3) is 4.36. The van der Waals surface area contributed by atoms with Crippen molar-refractivity contribution in [1.29, 1.82) is 0 Å². The Kier molecular flexibility index (Phi) is 6.10. The predicted molar refractivity (Wildman–Crippen MR) is 125 cm³/mol. The number of aromatic nitrogens is 1. The quantitative estimate of drug-likeness (QED) is 0.301. The Balaban J connectivity index is 1.46. The van der Waals surface area contributed by atoms with Gasteiger partial charge in [0.2, 0.25) is 0 Å². The summed E-state index contributed by atoms with van der Waals surface area (Å²) >= 11 is 1.76. The van der Waals surface area contributed by atoms with Crippen LogP contribution >= 0.6 is 11.8 Å². The molecule has 0 aliphatic heterocycles. The number of rotatable bonds is 7. The van der Waals surface area contributed by atoms with Gasteiger partial charge in [-0.05, 0) is 42.8 Å². The molecule has 0 aliphatic rings. The Bertz CT molecular complexity index is 1150. The van der Waals surface area contributed by atoms with E-state index in [1.165, 1.54) is 21.4 Å². The number of carbonyl (C=O) groups excluding carboxylic acids is 1. The van der Waals surface area contributed by atoms with E-state index in [0.29, 0.717) is 12.1 Å². The lowest BCUT2D eigenvalue weighted by Gasteiger charge is -2.08. The van der Waals surface area contributed by atoms with Crippen LogP contribution in [0.5, 0.6) is 5.75 Å². The molecule has 3 aromatic carbocycles. The first-order valence-electron chi connectivity index (χ1n) is 9.88. The molecule has 0 aliphatic carbocycles. The molecule has 30 heavy (non-hydrogen) atoms. The molecular weight excluding hydrogens is 392 g/mol. The molecule has 1 heterocycles. The average molecular weight is 417 g/mol. The number of hydrogen-bond acceptors (Lipinski definition) is 3. The van der Waals surface area contributed by atoms with E-state index in [-0.39, 0.29) is 5.91 Å². The van der Waals surface area contributed by atoms with Crippen LogP contribution in [0.4, 0.5) is 0 Å². The number of fused-ring (bicyclic) bond motifs is 1. The molecule has 4 rings (SSSR count). The summed E-state index contributed by atoms with van der Waals surface area (Å²) < 4.78 is 5.14. The Labute approximate surface area is 180 Å². The second-order valence-electron chi connectivity index (χ2n) is 7.07. The SMILES string of the molecule is COc1ccc(C(=O)NCCSc2c(-c3ccc(C)cc3)[nH]c3ccccc23)cc1. The van der Waals surface area contributed by atoms with Gasteiger partial charge in [0.05, 0.1) is 12.8 Å². The zero-order valence-corrected chi connectivity index (χ0v) is 17.9. The summed E-state index contributed by atoms with van der Waals surface area (Å²) in [6.45, 7) is 2.68. The number of ether oxygens (including phenoxy) is 1. The Morgan fingerprint density at radius 1 is 1.00 bits per heavy atom. The molecule has 0 saturated carbocycles. The monoisotopic (exact) mass is 416 g/mol. The number of aryl methyl sites for hydroxylation is 1. The van der Waals surface area contributed by atoms with E-state index in [1.54, 1.807) is 43.1 Å². The molecule has 2 N–H and O–H groups in total. The van der Waals surface area contributed by atoms with Gasteiger partial charge in [0.15, 0.2) is 0 Å². The smallest absolute Gasteiger partial charge is 0.251 e. The number of H-pyrrole nitrogens is 1. The van der Waals surface area contributed by atoms with E-state index in [4.69, 9.17) is 4.74 Å². The highest BCUT2D eigenvalue weighted by atomic mass is 32.2. The average Bonchev–Trinajstić information content (AvgIpc) is 3.15. The van der Waals surface area contributed by atoms with Crippen LogP contribution in [0.3, 0.4) is 0 Å². The first kappa shape index (κ1) is 20.1. The molecule has 1 amide bonds. The molecule has 4 nitrogen and oxygen atoms in total. The van der Waals surface area contributed by atoms with Gasteiger partial charge in [-0.3, -0.25) is 4.79 Å². The lowest BCUT2D eigenvalue weighted by Crippen LogP contribution is -2.25. The molecule has 152 valence electrons. The zero-order valence-electron chi connectivity index (χ0n) is 17.1. The maximum absolute atomic E-state index is 12.4. The number of amides is 1. The number of hydrogen-bond donors (Lipinski definition) is 2. The van der Waals surface area contributed by atoms with Crippen molar-refractivity contribution in [2.45, 2.75) is 11.8 Å². The molecule has 0 atom stereocenters. The maximum atomic E-state index is 12.4. The highest BCUT2D eigenvalue weighted by Gasteiger charge is 2.14. The Morgan fingerprint density at radius 2 is 1.73 bits per heavy atom. The number of nitrogens with one attached hydrogen (secondary N) is 2. The van der Waals surface area contributed by atoms with Gasteiger partial charge in [-0.15, -0.1) is 11.8 Å². The van der Waals surface area contributed by atoms with E-state index < -0.39 is 0 Å². The first-order valence-corrected chi connectivity index (χ1v) is 10.9. The number of benzene rings is 3. The zero-order chi connectivity index (χ0) is 20.9. The van der Waals surface area contributed by atoms with Crippen molar-refractivity contribution < 1.29 is 9.53 Å². The number of carbonyl (C=O) groups is 1. The topological polar surface area (TPSA) is 54.1 Å². The number of aromatic amines is 1. The van der Waals surface area contributed by atoms with Crippen molar-refractivity contribution in [3.05, 3.63) is 83.9 Å². The van der Waals surface area contributed by atoms with Crippen LogP contribution in [0.1, 0.15) is 15.9 Å². The van der Waals surface area contributed by atoms with Crippen molar-refractivity contribution in [3.8, 4) is 17.0 Å². The van der Waals surface area contributed by atoms with Crippen LogP contribution in [0.25, 0.3) is 22.2 Å². The van der Waals surface area contributed by atoms with Crippen LogP contribution < -0.4 is 10.1 Å². The van der Waals surface area contributed by atoms with Crippen LogP contribution in [0.2, 0.25) is 0 Å². The van der Waals surface area contributed by atoms with Gasteiger partial charge in [-0.2, -0.15) is 0 Å². The molecule has 0 bridgehead atoms. The number of para-hydroxylation sites is 1. The highest BCUT2D eigenvalue weighted by molar-refractivity contribution is 7.99. The number of thioether (sulfide) groups is 1. The summed E-state index contributed by atoms with van der Waals surface area (Å²) in [6.07, 6.45) is 0. The lowest BCUT2D eigenvalue weighted by atomic mass is 10.1. The minimum atomic E-state index is -0.0732. The molecule has 5 heteroatoms. The molecular formula is C25H24N2O2S. The van der Waals surface area contributed by atoms with Crippen LogP contribution in [-0.2, 0) is 0 Å². The standard InChI is InChI=1S/C25H24N2O2S/c1-17-7-9-18(10-8-17)23-24(21-5-3-4-6-22(21)27-23)30-16-15-26-25(28)19-11-13-20(29-2)14-12-19/h3-14,27H,15-16H2,1-2H3,(H,26,28). The largest absolute Gasteiger partial charge is 0.497 e. The summed E-state index contributed by atoms with van der Waals surface area (Å²) in [7, 11) is 1.61. The van der Waals surface area contributed by atoms with Crippen LogP contribution in [-0.4, -0.2) is 30.3 Å². The van der Waals surface area contributed by atoms with E-state index >= 15 is 0 Å². The summed E-state index contributed by atoms with van der Waals surface area (Å²) in [5.74, 6) is 1.45. The van der Waals surface area contributed by atoms with E-state index in [2.05, 4.69) is 59.7 Å². The molecule has 1 aromatic heterocycles. The van der Waals surface area contributed by atoms with Gasteiger partial charge in [-0.25, -0.2) is 0 Å². The van der Waals surface area contributed by atoms with Crippen LogP contribution in [0, 0.1) is 6.92 Å². The van der Waals surface area contributed by atoms with Crippen molar-refractivity contribution in [1.82, 2.24) is 10.3 Å². The predicted octanol–water partition coefficient (Wildman–Crippen LogP) is 5.67. The summed E-state index contributed by atoms with van der Waals surface area (Å²) in [6, 6.07) is 24.0. The summed E-state index contributed by atoms with van der Waals surface area (Å²) in [5, 5.41) is 4.21. The van der Waals surface area contributed by atoms with Gasteiger partial charge in [0.25, 0.3) is 5.91 Å². The third-order valence-electron chi connectivity index (χ3n) is 4.98. The molecule has 0 unspecified atom stereocenters. The van der Waals surface area contributed by atoms with E-state index in [1.807, 2.05) is 6.07 Å². The van der Waals surface area contributed by atoms with Crippen molar-refractivity contribution >= 4 is 28.6 Å². The highest BCUT2D eigenvalue weighted by Crippen LogP contribution is 2.37. The minimum Gasteiger partial charge on any atom is -0.497 e. The van der Waals surface area contributed by atoms with E-state index in [0.717, 1.165) is 22.7 Å². The Hall–Kier alpha value is -3.18. The van der Waals surface area contributed by atoms with Crippen molar-refractivity contribution in [2.24, 2.45) is 0 Å². The first-order chi connectivity index (χ1) is 14.7. The van der Waals surface area contributed by atoms with Crippen LogP contribution in [0.15, 0.2) is 77.7 Å². The normalized spacial score (nSPS) is 10.9. The fraction of sp³-hybridized carbons (Fsp3) is 0.160. The van der Waals surface area contributed by atoms with Crippen molar-refractivity contribution in [2.75, 3.05) is 19.4 Å². The van der Waals surface area contributed by atoms with Gasteiger partial charge in [0, 0.05) is 33.7 Å². The molecule has 0 saturated heterocycles. The summed E-state index contributed by atoms with van der Waals surface area (Å²) in [4.78, 5) is 17.2. The Morgan fingerprint density at radius 3 is 2.47 bits per heavy atom. The van der Waals surface area contributed by atoms with E-state index in [9.17, 15) is 4.79 Å². The fourth-order valence-corrected chi connectivity index (χ4v) is 4.41. The molecule has 0 spiro atoms. The van der Waals surface area contributed by atoms with Gasteiger partial charge < -0.3 is 15.0 Å². The molecule has 4 aromatic rings. The second kappa shape index (κ2) is 9.09. The fourth-order valence-electron chi connectivity index (χ4n) is 3.35. The second-order valence-corrected chi connectivity index (χ2v) is 8.18. The van der Waals surface area contributed by atoms with Crippen molar-refractivity contribution in [3.63, 3.8) is 0 Å².